The van der Waals surface area contributed by atoms with Crippen molar-refractivity contribution in [1.82, 2.24) is 15.3 Å². The molecule has 1 aliphatic heterocycles. The second-order valence-corrected chi connectivity index (χ2v) is 6.28. The van der Waals surface area contributed by atoms with E-state index < -0.39 is 5.82 Å². The zero-order chi connectivity index (χ0) is 17.9. The first-order valence-electron chi connectivity index (χ1n) is 8.62. The Balaban J connectivity index is 1.72. The third kappa shape index (κ3) is 3.41. The van der Waals surface area contributed by atoms with E-state index in [1.54, 1.807) is 24.4 Å². The Hall–Kier alpha value is -2.86. The summed E-state index contributed by atoms with van der Waals surface area (Å²) in [5, 5.41) is 3.53. The van der Waals surface area contributed by atoms with Gasteiger partial charge in [0.15, 0.2) is 0 Å². The summed E-state index contributed by atoms with van der Waals surface area (Å²) in [5.74, 6) is -0.620. The van der Waals surface area contributed by atoms with Crippen LogP contribution in [0.2, 0.25) is 0 Å². The van der Waals surface area contributed by atoms with Crippen LogP contribution in [0, 0.1) is 5.82 Å². The molecule has 0 aliphatic carbocycles. The molecular weight excluding hydrogens is 333 g/mol. The molecule has 0 saturated carbocycles. The maximum absolute atomic E-state index is 13.7. The molecule has 2 aromatic heterocycles. The molecule has 1 fully saturated rings. The van der Waals surface area contributed by atoms with Gasteiger partial charge in [0.2, 0.25) is 0 Å². The van der Waals surface area contributed by atoms with Crippen LogP contribution in [0.1, 0.15) is 23.2 Å². The predicted octanol–water partition coefficient (Wildman–Crippen LogP) is 3.34. The van der Waals surface area contributed by atoms with Gasteiger partial charge in [-0.2, -0.15) is 0 Å². The third-order valence-electron chi connectivity index (χ3n) is 4.46. The zero-order valence-corrected chi connectivity index (χ0v) is 14.1. The van der Waals surface area contributed by atoms with E-state index in [0.29, 0.717) is 34.4 Å². The van der Waals surface area contributed by atoms with Crippen molar-refractivity contribution in [3.8, 4) is 11.4 Å². The van der Waals surface area contributed by atoms with E-state index in [1.807, 2.05) is 12.1 Å². The first-order valence-corrected chi connectivity index (χ1v) is 8.62. The number of hydrogen-bond acceptors (Lipinski definition) is 4. The van der Waals surface area contributed by atoms with Crippen molar-refractivity contribution in [2.75, 3.05) is 13.2 Å². The Labute approximate surface area is 150 Å². The SMILES string of the molecule is O=C(NC[C@@H]1CCCO1)c1cc(-c2ccccn2)nc2cc(F)ccc12. The topological polar surface area (TPSA) is 64.1 Å². The minimum absolute atomic E-state index is 0.0553. The third-order valence-corrected chi connectivity index (χ3v) is 4.46. The molecule has 1 saturated heterocycles. The lowest BCUT2D eigenvalue weighted by Gasteiger charge is -2.13. The van der Waals surface area contributed by atoms with Crippen LogP contribution in [0.3, 0.4) is 0 Å². The summed E-state index contributed by atoms with van der Waals surface area (Å²) < 4.78 is 19.2. The maximum atomic E-state index is 13.7. The summed E-state index contributed by atoms with van der Waals surface area (Å²) in [5.41, 5.74) is 2.04. The molecule has 132 valence electrons. The monoisotopic (exact) mass is 351 g/mol. The molecule has 0 unspecified atom stereocenters. The lowest BCUT2D eigenvalue weighted by Crippen LogP contribution is -2.32. The second kappa shape index (κ2) is 7.17. The van der Waals surface area contributed by atoms with Crippen molar-refractivity contribution in [1.29, 1.82) is 0 Å². The van der Waals surface area contributed by atoms with Crippen LogP contribution in [0.4, 0.5) is 4.39 Å². The number of carbonyl (C=O) groups is 1. The molecule has 1 aliphatic rings. The second-order valence-electron chi connectivity index (χ2n) is 6.28. The fraction of sp³-hybridized carbons (Fsp3) is 0.250. The van der Waals surface area contributed by atoms with Crippen LogP contribution < -0.4 is 5.32 Å². The van der Waals surface area contributed by atoms with Crippen LogP contribution in [0.15, 0.2) is 48.7 Å². The number of nitrogens with one attached hydrogen (secondary N) is 1. The Kier molecular flexibility index (Phi) is 4.58. The van der Waals surface area contributed by atoms with Crippen molar-refractivity contribution in [2.24, 2.45) is 0 Å². The fourth-order valence-corrected chi connectivity index (χ4v) is 3.14. The molecule has 26 heavy (non-hydrogen) atoms. The molecule has 0 radical (unpaired) electrons. The molecule has 0 spiro atoms. The molecule has 1 atom stereocenters. The van der Waals surface area contributed by atoms with Gasteiger partial charge in [-0.25, -0.2) is 9.37 Å². The molecule has 0 bridgehead atoms. The average molecular weight is 351 g/mol. The molecule has 4 rings (SSSR count). The van der Waals surface area contributed by atoms with Crippen molar-refractivity contribution >= 4 is 16.8 Å². The van der Waals surface area contributed by atoms with Crippen LogP contribution in [0.5, 0.6) is 0 Å². The number of amides is 1. The minimum atomic E-state index is -0.395. The normalized spacial score (nSPS) is 16.7. The lowest BCUT2D eigenvalue weighted by atomic mass is 10.1. The number of ether oxygens (including phenoxy) is 1. The van der Waals surface area contributed by atoms with Crippen LogP contribution in [0.25, 0.3) is 22.3 Å². The standard InChI is InChI=1S/C20H18FN3O2/c21-13-6-7-15-16(20(25)23-12-14-4-3-9-26-14)11-19(24-18(15)10-13)17-5-1-2-8-22-17/h1-2,5-8,10-11,14H,3-4,9,12H2,(H,23,25)/t14-/m0/s1. The molecule has 5 nitrogen and oxygen atoms in total. The van der Waals surface area contributed by atoms with Crippen molar-refractivity contribution in [2.45, 2.75) is 18.9 Å². The number of pyridine rings is 2. The number of rotatable bonds is 4. The summed E-state index contributed by atoms with van der Waals surface area (Å²) in [6, 6.07) is 11.4. The van der Waals surface area contributed by atoms with Gasteiger partial charge in [-0.05, 0) is 43.2 Å². The van der Waals surface area contributed by atoms with Gasteiger partial charge in [0.25, 0.3) is 5.91 Å². The van der Waals surface area contributed by atoms with Gasteiger partial charge in [-0.1, -0.05) is 6.07 Å². The van der Waals surface area contributed by atoms with E-state index in [2.05, 4.69) is 15.3 Å². The van der Waals surface area contributed by atoms with Crippen molar-refractivity contribution in [3.63, 3.8) is 0 Å². The fourth-order valence-electron chi connectivity index (χ4n) is 3.14. The average Bonchev–Trinajstić information content (AvgIpc) is 3.19. The quantitative estimate of drug-likeness (QED) is 0.783. The molecule has 3 heterocycles. The molecule has 1 N–H and O–H groups in total. The largest absolute Gasteiger partial charge is 0.376 e. The van der Waals surface area contributed by atoms with Gasteiger partial charge in [0.1, 0.15) is 5.82 Å². The first kappa shape index (κ1) is 16.6. The van der Waals surface area contributed by atoms with Crippen LogP contribution >= 0.6 is 0 Å². The Morgan fingerprint density at radius 3 is 2.92 bits per heavy atom. The number of carbonyl (C=O) groups excluding carboxylic acids is 1. The summed E-state index contributed by atoms with van der Waals surface area (Å²) in [4.78, 5) is 21.5. The highest BCUT2D eigenvalue weighted by Crippen LogP contribution is 2.24. The van der Waals surface area contributed by atoms with Gasteiger partial charge in [0, 0.05) is 30.8 Å². The van der Waals surface area contributed by atoms with E-state index in [4.69, 9.17) is 4.74 Å². The number of nitrogens with zero attached hydrogens (tertiary/aromatic N) is 2. The van der Waals surface area contributed by atoms with Gasteiger partial charge in [-0.3, -0.25) is 9.78 Å². The van der Waals surface area contributed by atoms with Gasteiger partial charge < -0.3 is 10.1 Å². The van der Waals surface area contributed by atoms with Crippen molar-refractivity contribution in [3.05, 3.63) is 60.0 Å². The Bertz CT molecular complexity index is 940. The van der Waals surface area contributed by atoms with E-state index in [9.17, 15) is 9.18 Å². The zero-order valence-electron chi connectivity index (χ0n) is 14.1. The van der Waals surface area contributed by atoms with Gasteiger partial charge in [0.05, 0.1) is 28.6 Å². The number of hydrogen-bond donors (Lipinski definition) is 1. The highest BCUT2D eigenvalue weighted by Gasteiger charge is 2.19. The van der Waals surface area contributed by atoms with Gasteiger partial charge in [-0.15, -0.1) is 0 Å². The highest BCUT2D eigenvalue weighted by atomic mass is 19.1. The summed E-state index contributed by atoms with van der Waals surface area (Å²) in [6.45, 7) is 1.20. The predicted molar refractivity (Wildman–Crippen MR) is 96.2 cm³/mol. The van der Waals surface area contributed by atoms with Crippen molar-refractivity contribution < 1.29 is 13.9 Å². The van der Waals surface area contributed by atoms with E-state index in [1.165, 1.54) is 12.1 Å². The van der Waals surface area contributed by atoms with Crippen LogP contribution in [-0.4, -0.2) is 35.1 Å². The molecule has 1 amide bonds. The van der Waals surface area contributed by atoms with E-state index in [0.717, 1.165) is 19.4 Å². The Morgan fingerprint density at radius 1 is 1.23 bits per heavy atom. The molecule has 1 aromatic carbocycles. The van der Waals surface area contributed by atoms with E-state index >= 15 is 0 Å². The lowest BCUT2D eigenvalue weighted by molar-refractivity contribution is 0.0859. The smallest absolute Gasteiger partial charge is 0.252 e. The number of benzene rings is 1. The maximum Gasteiger partial charge on any atom is 0.252 e. The summed E-state index contributed by atoms with van der Waals surface area (Å²) >= 11 is 0. The summed E-state index contributed by atoms with van der Waals surface area (Å²) in [7, 11) is 0. The number of fused-ring (bicyclic) bond motifs is 1. The first-order chi connectivity index (χ1) is 12.7. The van der Waals surface area contributed by atoms with Gasteiger partial charge >= 0.3 is 0 Å². The number of halogens is 1. The molecular formula is C20H18FN3O2. The summed E-state index contributed by atoms with van der Waals surface area (Å²) in [6.07, 6.45) is 3.67. The van der Waals surface area contributed by atoms with Crippen LogP contribution in [-0.2, 0) is 4.74 Å². The highest BCUT2D eigenvalue weighted by molar-refractivity contribution is 6.07. The minimum Gasteiger partial charge on any atom is -0.376 e. The Morgan fingerprint density at radius 2 is 2.15 bits per heavy atom. The number of aromatic nitrogens is 2. The molecule has 6 heteroatoms. The van der Waals surface area contributed by atoms with E-state index in [-0.39, 0.29) is 12.0 Å². The molecule has 3 aromatic rings.